The lowest BCUT2D eigenvalue weighted by molar-refractivity contribution is -0.137. The molecule has 2 unspecified atom stereocenters. The van der Waals surface area contributed by atoms with E-state index in [1.54, 1.807) is 42.9 Å². The molecule has 12 heteroatoms. The van der Waals surface area contributed by atoms with Crippen LogP contribution in [0.5, 0.6) is 0 Å². The predicted molar refractivity (Wildman–Crippen MR) is 111 cm³/mol. The van der Waals surface area contributed by atoms with E-state index in [-0.39, 0.29) is 17.3 Å². The summed E-state index contributed by atoms with van der Waals surface area (Å²) in [5.74, 6) is -0.543. The Kier molecular flexibility index (Phi) is 6.72. The number of ether oxygens (including phenoxy) is 1. The summed E-state index contributed by atoms with van der Waals surface area (Å²) in [5.41, 5.74) is 1.71. The van der Waals surface area contributed by atoms with Gasteiger partial charge in [0.25, 0.3) is 5.91 Å². The number of anilines is 3. The van der Waals surface area contributed by atoms with Gasteiger partial charge in [-0.25, -0.2) is 10.5 Å². The Morgan fingerprint density at radius 3 is 2.59 bits per heavy atom. The Labute approximate surface area is 182 Å². The van der Waals surface area contributed by atoms with Gasteiger partial charge in [-0.3, -0.25) is 14.3 Å². The van der Waals surface area contributed by atoms with Gasteiger partial charge in [0.1, 0.15) is 23.3 Å². The molecule has 0 fully saturated rings. The van der Waals surface area contributed by atoms with Crippen molar-refractivity contribution >= 4 is 23.2 Å². The van der Waals surface area contributed by atoms with Crippen molar-refractivity contribution < 1.29 is 27.5 Å². The van der Waals surface area contributed by atoms with Crippen molar-refractivity contribution in [2.45, 2.75) is 19.1 Å². The van der Waals surface area contributed by atoms with E-state index in [0.29, 0.717) is 5.82 Å². The first-order valence-electron chi connectivity index (χ1n) is 9.50. The van der Waals surface area contributed by atoms with Crippen molar-refractivity contribution in [2.24, 2.45) is 13.0 Å². The normalized spacial score (nSPS) is 18.2. The van der Waals surface area contributed by atoms with Crippen LogP contribution in [0.15, 0.2) is 42.3 Å². The maximum Gasteiger partial charge on any atom is 0.419 e. The molecular formula is C20H23F3N6O3. The zero-order valence-electron chi connectivity index (χ0n) is 17.8. The number of allylic oxidation sites excluding steroid dienone is 2. The SMILES string of the molecule is CONC(=O)C1C(OC)=CC=CC1Nc1cc(Nc2cc(C)nn2C)ncc1C(F)(F)F. The van der Waals surface area contributed by atoms with Crippen molar-refractivity contribution in [3.05, 3.63) is 53.6 Å². The summed E-state index contributed by atoms with van der Waals surface area (Å²) in [6.07, 6.45) is 0.796. The molecule has 2 aromatic rings. The minimum absolute atomic E-state index is 0.170. The van der Waals surface area contributed by atoms with E-state index in [1.165, 1.54) is 20.3 Å². The Bertz CT molecular complexity index is 1050. The second kappa shape index (κ2) is 9.30. The van der Waals surface area contributed by atoms with Gasteiger partial charge in [-0.05, 0) is 13.0 Å². The highest BCUT2D eigenvalue weighted by Gasteiger charge is 2.38. The van der Waals surface area contributed by atoms with Gasteiger partial charge in [0.15, 0.2) is 0 Å². The summed E-state index contributed by atoms with van der Waals surface area (Å²) < 4.78 is 47.8. The van der Waals surface area contributed by atoms with E-state index in [0.717, 1.165) is 11.9 Å². The number of amides is 1. The Morgan fingerprint density at radius 1 is 1.25 bits per heavy atom. The molecule has 2 heterocycles. The third-order valence-electron chi connectivity index (χ3n) is 4.76. The quantitative estimate of drug-likeness (QED) is 0.555. The molecule has 0 radical (unpaired) electrons. The number of pyridine rings is 1. The standard InChI is InChI=1S/C20H23F3N6O3/c1-11-8-17(29(2)27-11)26-16-9-14(12(10-24-16)20(21,22)23)25-13-6-5-7-15(31-3)18(13)19(30)28-32-4/h5-10,13,18H,1-4H3,(H,28,30)(H2,24,25,26). The number of aryl methyl sites for hydroxylation is 2. The molecule has 0 aromatic carbocycles. The molecule has 0 saturated carbocycles. The van der Waals surface area contributed by atoms with Gasteiger partial charge in [-0.2, -0.15) is 18.3 Å². The number of carbonyl (C=O) groups excluding carboxylic acids is 1. The summed E-state index contributed by atoms with van der Waals surface area (Å²) in [6, 6.07) is 2.12. The Morgan fingerprint density at radius 2 is 2.00 bits per heavy atom. The molecule has 1 amide bonds. The molecule has 0 bridgehead atoms. The molecular weight excluding hydrogens is 429 g/mol. The van der Waals surface area contributed by atoms with E-state index in [9.17, 15) is 18.0 Å². The van der Waals surface area contributed by atoms with Crippen molar-refractivity contribution in [1.82, 2.24) is 20.2 Å². The van der Waals surface area contributed by atoms with Gasteiger partial charge in [-0.1, -0.05) is 12.2 Å². The lowest BCUT2D eigenvalue weighted by Gasteiger charge is -2.29. The summed E-state index contributed by atoms with van der Waals surface area (Å²) in [6.45, 7) is 1.79. The second-order valence-electron chi connectivity index (χ2n) is 7.01. The molecule has 2 aromatic heterocycles. The highest BCUT2D eigenvalue weighted by atomic mass is 19.4. The summed E-state index contributed by atoms with van der Waals surface area (Å²) >= 11 is 0. The molecule has 0 spiro atoms. The first-order chi connectivity index (χ1) is 15.1. The third-order valence-corrected chi connectivity index (χ3v) is 4.76. The van der Waals surface area contributed by atoms with Gasteiger partial charge >= 0.3 is 6.18 Å². The van der Waals surface area contributed by atoms with Crippen LogP contribution in [0.25, 0.3) is 0 Å². The topological polar surface area (TPSA) is 102 Å². The van der Waals surface area contributed by atoms with Crippen molar-refractivity contribution in [1.29, 1.82) is 0 Å². The summed E-state index contributed by atoms with van der Waals surface area (Å²) in [7, 11) is 4.33. The summed E-state index contributed by atoms with van der Waals surface area (Å²) in [4.78, 5) is 21.1. The van der Waals surface area contributed by atoms with Crippen molar-refractivity contribution in [2.75, 3.05) is 24.9 Å². The molecule has 32 heavy (non-hydrogen) atoms. The van der Waals surface area contributed by atoms with Crippen molar-refractivity contribution in [3.63, 3.8) is 0 Å². The molecule has 1 aliphatic carbocycles. The Hall–Kier alpha value is -3.54. The van der Waals surface area contributed by atoms with Crippen LogP contribution in [0.4, 0.5) is 30.5 Å². The number of hydrogen-bond acceptors (Lipinski definition) is 7. The van der Waals surface area contributed by atoms with Crippen LogP contribution in [0.1, 0.15) is 11.3 Å². The number of carbonyl (C=O) groups is 1. The largest absolute Gasteiger partial charge is 0.500 e. The van der Waals surface area contributed by atoms with Crippen LogP contribution in [0, 0.1) is 12.8 Å². The number of hydrogen-bond donors (Lipinski definition) is 3. The van der Waals surface area contributed by atoms with Gasteiger partial charge in [0.2, 0.25) is 0 Å². The smallest absolute Gasteiger partial charge is 0.419 e. The molecule has 0 saturated heterocycles. The monoisotopic (exact) mass is 452 g/mol. The number of nitrogens with zero attached hydrogens (tertiary/aromatic N) is 3. The van der Waals surface area contributed by atoms with Crippen molar-refractivity contribution in [3.8, 4) is 0 Å². The minimum Gasteiger partial charge on any atom is -0.500 e. The van der Waals surface area contributed by atoms with Gasteiger partial charge in [0, 0.05) is 25.4 Å². The van der Waals surface area contributed by atoms with Crippen LogP contribution in [0.2, 0.25) is 0 Å². The first kappa shape index (κ1) is 23.1. The number of aromatic nitrogens is 3. The van der Waals surface area contributed by atoms with Crippen LogP contribution in [0.3, 0.4) is 0 Å². The molecule has 3 N–H and O–H groups in total. The van der Waals surface area contributed by atoms with Crippen LogP contribution in [-0.4, -0.2) is 40.9 Å². The highest BCUT2D eigenvalue weighted by molar-refractivity contribution is 5.82. The molecule has 2 atom stereocenters. The average Bonchev–Trinajstić information content (AvgIpc) is 3.03. The molecule has 0 aliphatic heterocycles. The molecule has 9 nitrogen and oxygen atoms in total. The first-order valence-corrected chi connectivity index (χ1v) is 9.50. The molecule has 1 aliphatic rings. The van der Waals surface area contributed by atoms with Gasteiger partial charge in [-0.15, -0.1) is 0 Å². The Balaban J connectivity index is 1.96. The maximum absolute atomic E-state index is 13.7. The fraction of sp³-hybridized carbons (Fsp3) is 0.350. The van der Waals surface area contributed by atoms with E-state index < -0.39 is 29.6 Å². The van der Waals surface area contributed by atoms with E-state index >= 15 is 0 Å². The lowest BCUT2D eigenvalue weighted by atomic mass is 9.91. The number of methoxy groups -OCH3 is 1. The zero-order chi connectivity index (χ0) is 23.5. The predicted octanol–water partition coefficient (Wildman–Crippen LogP) is 3.06. The third kappa shape index (κ3) is 5.02. The zero-order valence-corrected chi connectivity index (χ0v) is 17.8. The fourth-order valence-corrected chi connectivity index (χ4v) is 3.35. The van der Waals surface area contributed by atoms with E-state index in [1.807, 2.05) is 0 Å². The average molecular weight is 452 g/mol. The van der Waals surface area contributed by atoms with E-state index in [2.05, 4.69) is 31.0 Å². The summed E-state index contributed by atoms with van der Waals surface area (Å²) in [5, 5.41) is 9.95. The highest BCUT2D eigenvalue weighted by Crippen LogP contribution is 2.37. The number of halogens is 3. The lowest BCUT2D eigenvalue weighted by Crippen LogP contribution is -2.42. The minimum atomic E-state index is -4.67. The molecule has 3 rings (SSSR count). The van der Waals surface area contributed by atoms with Gasteiger partial charge < -0.3 is 15.4 Å². The number of rotatable bonds is 7. The van der Waals surface area contributed by atoms with Crippen LogP contribution < -0.4 is 16.1 Å². The number of hydroxylamine groups is 1. The number of nitrogens with one attached hydrogen (secondary N) is 3. The van der Waals surface area contributed by atoms with Gasteiger partial charge in [0.05, 0.1) is 37.2 Å². The van der Waals surface area contributed by atoms with Crippen LogP contribution in [-0.2, 0) is 27.6 Å². The van der Waals surface area contributed by atoms with Crippen LogP contribution >= 0.6 is 0 Å². The number of alkyl halides is 3. The van der Waals surface area contributed by atoms with E-state index in [4.69, 9.17) is 4.74 Å². The maximum atomic E-state index is 13.7. The molecule has 172 valence electrons. The second-order valence-corrected chi connectivity index (χ2v) is 7.01. The fourth-order valence-electron chi connectivity index (χ4n) is 3.35.